The maximum Gasteiger partial charge on any atom is 0.272 e. The number of nitrogens with one attached hydrogen (secondary N) is 1. The lowest BCUT2D eigenvalue weighted by Gasteiger charge is -2.15. The minimum atomic E-state index is -4.01. The summed E-state index contributed by atoms with van der Waals surface area (Å²) in [6.45, 7) is 4.15. The average molecular weight is 532 g/mol. The first-order valence-electron chi connectivity index (χ1n) is 10.5. The molecule has 4 rings (SSSR count). The van der Waals surface area contributed by atoms with Crippen LogP contribution < -0.4 is 14.2 Å². The molecule has 12 heteroatoms. The van der Waals surface area contributed by atoms with Crippen molar-refractivity contribution in [1.82, 2.24) is 19.9 Å². The third-order valence-electron chi connectivity index (χ3n) is 4.61. The van der Waals surface area contributed by atoms with Crippen LogP contribution in [-0.2, 0) is 16.4 Å². The third-order valence-corrected chi connectivity index (χ3v) is 7.81. The number of sulfonamides is 1. The molecule has 0 radical (unpaired) electrons. The summed E-state index contributed by atoms with van der Waals surface area (Å²) in [5.74, 6) is 1.09. The van der Waals surface area contributed by atoms with Gasteiger partial charge in [-0.15, -0.1) is 11.3 Å². The van der Waals surface area contributed by atoms with Gasteiger partial charge in [0, 0.05) is 17.3 Å². The fraction of sp³-hybridized carbons (Fsp3) is 0.217. The lowest BCUT2D eigenvalue weighted by atomic mass is 10.1. The molecule has 0 aliphatic carbocycles. The van der Waals surface area contributed by atoms with Gasteiger partial charge in [0.15, 0.2) is 28.3 Å². The summed E-state index contributed by atoms with van der Waals surface area (Å²) < 4.78 is 40.5. The topological polar surface area (TPSA) is 116 Å². The van der Waals surface area contributed by atoms with Gasteiger partial charge in [0.25, 0.3) is 10.0 Å². The number of hydrogen-bond acceptors (Lipinski definition) is 9. The second-order valence-electron chi connectivity index (χ2n) is 7.77. The van der Waals surface area contributed by atoms with E-state index in [0.717, 1.165) is 11.3 Å². The lowest BCUT2D eigenvalue weighted by molar-refractivity contribution is 0.378. The van der Waals surface area contributed by atoms with Gasteiger partial charge in [0.2, 0.25) is 11.6 Å². The summed E-state index contributed by atoms with van der Waals surface area (Å²) in [6.07, 6.45) is 3.81. The summed E-state index contributed by atoms with van der Waals surface area (Å²) in [7, 11) is -2.52. The molecule has 0 fully saturated rings. The minimum absolute atomic E-state index is 0.0346. The first kappa shape index (κ1) is 24.8. The van der Waals surface area contributed by atoms with Crippen molar-refractivity contribution in [3.05, 3.63) is 64.9 Å². The molecule has 9 nitrogen and oxygen atoms in total. The molecule has 0 saturated heterocycles. The summed E-state index contributed by atoms with van der Waals surface area (Å²) in [5.41, 5.74) is 0. The van der Waals surface area contributed by atoms with Gasteiger partial charge in [-0.3, -0.25) is 4.72 Å². The van der Waals surface area contributed by atoms with Crippen LogP contribution in [0.15, 0.2) is 59.1 Å². The number of aromatic nitrogens is 4. The van der Waals surface area contributed by atoms with Gasteiger partial charge < -0.3 is 9.47 Å². The van der Waals surface area contributed by atoms with E-state index in [0.29, 0.717) is 17.4 Å². The molecule has 0 saturated carbocycles. The molecule has 182 valence electrons. The second kappa shape index (κ2) is 10.5. The van der Waals surface area contributed by atoms with Crippen LogP contribution in [0.3, 0.4) is 0 Å². The zero-order valence-electron chi connectivity index (χ0n) is 19.1. The maximum absolute atomic E-state index is 13.3. The van der Waals surface area contributed by atoms with E-state index in [-0.39, 0.29) is 32.6 Å². The Hall–Kier alpha value is -3.28. The Morgan fingerprint density at radius 1 is 1.00 bits per heavy atom. The van der Waals surface area contributed by atoms with E-state index in [1.165, 1.54) is 30.8 Å². The largest absolute Gasteiger partial charge is 0.493 e. The van der Waals surface area contributed by atoms with Crippen molar-refractivity contribution in [1.29, 1.82) is 0 Å². The first-order valence-corrected chi connectivity index (χ1v) is 13.2. The number of anilines is 1. The van der Waals surface area contributed by atoms with Crippen LogP contribution in [0.4, 0.5) is 5.82 Å². The molecule has 35 heavy (non-hydrogen) atoms. The maximum atomic E-state index is 13.3. The molecule has 0 bridgehead atoms. The van der Waals surface area contributed by atoms with Crippen molar-refractivity contribution in [2.45, 2.75) is 24.5 Å². The molecule has 0 spiro atoms. The molecule has 4 aromatic rings. The van der Waals surface area contributed by atoms with Gasteiger partial charge in [0.1, 0.15) is 4.21 Å². The normalized spacial score (nSPS) is 11.5. The summed E-state index contributed by atoms with van der Waals surface area (Å²) in [4.78, 5) is 17.8. The lowest BCUT2D eigenvalue weighted by Crippen LogP contribution is -2.14. The van der Waals surface area contributed by atoms with E-state index >= 15 is 0 Å². The van der Waals surface area contributed by atoms with Gasteiger partial charge >= 0.3 is 0 Å². The molecule has 0 unspecified atom stereocenters. The van der Waals surface area contributed by atoms with Crippen molar-refractivity contribution in [2.24, 2.45) is 5.92 Å². The highest BCUT2D eigenvalue weighted by Crippen LogP contribution is 2.40. The molecular formula is C23H22ClN5O4S2. The number of halogens is 1. The van der Waals surface area contributed by atoms with Crippen LogP contribution in [-0.4, -0.2) is 35.5 Å². The number of thiophene rings is 1. The summed E-state index contributed by atoms with van der Waals surface area (Å²) in [6, 6.07) is 11.9. The molecule has 0 amide bonds. The fourth-order valence-corrected chi connectivity index (χ4v) is 5.88. The van der Waals surface area contributed by atoms with E-state index in [1.807, 2.05) is 6.07 Å². The molecule has 0 aliphatic heterocycles. The Kier molecular flexibility index (Phi) is 7.48. The van der Waals surface area contributed by atoms with Crippen molar-refractivity contribution >= 4 is 38.8 Å². The van der Waals surface area contributed by atoms with Crippen molar-refractivity contribution in [3.63, 3.8) is 0 Å². The van der Waals surface area contributed by atoms with E-state index in [1.54, 1.807) is 36.4 Å². The smallest absolute Gasteiger partial charge is 0.272 e. The van der Waals surface area contributed by atoms with Crippen LogP contribution in [0.1, 0.15) is 18.7 Å². The fourth-order valence-electron chi connectivity index (χ4n) is 3.10. The van der Waals surface area contributed by atoms with Gasteiger partial charge in [0.05, 0.1) is 7.11 Å². The number of hydrogen-bond donors (Lipinski definition) is 1. The van der Waals surface area contributed by atoms with Crippen LogP contribution in [0.5, 0.6) is 17.2 Å². The molecule has 1 aromatic carbocycles. The van der Waals surface area contributed by atoms with E-state index in [4.69, 9.17) is 21.1 Å². The number of ether oxygens (including phenoxy) is 2. The highest BCUT2D eigenvalue weighted by molar-refractivity contribution is 7.94. The number of benzene rings is 1. The Morgan fingerprint density at radius 3 is 2.40 bits per heavy atom. The van der Waals surface area contributed by atoms with Crippen LogP contribution in [0, 0.1) is 5.92 Å². The van der Waals surface area contributed by atoms with E-state index in [2.05, 4.69) is 38.5 Å². The number of methoxy groups -OCH3 is 1. The highest BCUT2D eigenvalue weighted by atomic mass is 35.5. The van der Waals surface area contributed by atoms with Crippen molar-refractivity contribution in [2.75, 3.05) is 11.8 Å². The highest BCUT2D eigenvalue weighted by Gasteiger charge is 2.25. The molecule has 3 aromatic heterocycles. The van der Waals surface area contributed by atoms with Gasteiger partial charge in [-0.2, -0.15) is 0 Å². The zero-order chi connectivity index (χ0) is 25.0. The Morgan fingerprint density at radius 2 is 1.71 bits per heavy atom. The van der Waals surface area contributed by atoms with Gasteiger partial charge in [-0.25, -0.2) is 28.4 Å². The molecule has 1 N–H and O–H groups in total. The van der Waals surface area contributed by atoms with Crippen molar-refractivity contribution < 1.29 is 17.9 Å². The molecular weight excluding hydrogens is 510 g/mol. The van der Waals surface area contributed by atoms with Crippen LogP contribution in [0.2, 0.25) is 5.15 Å². The number of nitrogens with zero attached hydrogens (tertiary/aromatic N) is 4. The Labute approximate surface area is 212 Å². The van der Waals surface area contributed by atoms with Crippen LogP contribution >= 0.6 is 22.9 Å². The summed E-state index contributed by atoms with van der Waals surface area (Å²) in [5, 5.41) is -0.127. The minimum Gasteiger partial charge on any atom is -0.493 e. The zero-order valence-corrected chi connectivity index (χ0v) is 21.5. The molecule has 3 heterocycles. The molecule has 0 atom stereocenters. The predicted octanol–water partition coefficient (Wildman–Crippen LogP) is 5.45. The van der Waals surface area contributed by atoms with Crippen molar-refractivity contribution in [3.8, 4) is 28.9 Å². The second-order valence-corrected chi connectivity index (χ2v) is 11.2. The quantitative estimate of drug-likeness (QED) is 0.283. The average Bonchev–Trinajstić information content (AvgIpc) is 3.30. The van der Waals surface area contributed by atoms with E-state index in [9.17, 15) is 8.42 Å². The third kappa shape index (κ3) is 5.87. The standard InChI is InChI=1S/C23H22ClN5O4S2/c1-14(2)13-15-9-10-18(34-15)35(30,31)29-21-19(33-17-8-5-4-7-16(17)32-3)20(24)27-23(28-21)22-25-11-6-12-26-22/h4-12,14H,13H2,1-3H3,(H,27,28,29). The monoisotopic (exact) mass is 531 g/mol. The first-order chi connectivity index (χ1) is 16.8. The van der Waals surface area contributed by atoms with E-state index < -0.39 is 10.0 Å². The van der Waals surface area contributed by atoms with Gasteiger partial charge in [-0.05, 0) is 42.7 Å². The predicted molar refractivity (Wildman–Crippen MR) is 135 cm³/mol. The number of para-hydroxylation sites is 2. The number of rotatable bonds is 9. The SMILES string of the molecule is COc1ccccc1Oc1c(Cl)nc(-c2ncccn2)nc1NS(=O)(=O)c1ccc(CC(C)C)s1. The Balaban J connectivity index is 1.78. The molecule has 0 aliphatic rings. The summed E-state index contributed by atoms with van der Waals surface area (Å²) >= 11 is 7.66. The Bertz CT molecular complexity index is 1430. The van der Waals surface area contributed by atoms with Gasteiger partial charge in [-0.1, -0.05) is 37.6 Å². The van der Waals surface area contributed by atoms with Crippen LogP contribution in [0.25, 0.3) is 11.6 Å².